The van der Waals surface area contributed by atoms with Crippen molar-refractivity contribution in [2.75, 3.05) is 0 Å². The zero-order valence-electron chi connectivity index (χ0n) is 13.8. The van der Waals surface area contributed by atoms with Gasteiger partial charge in [-0.15, -0.1) is 10.2 Å². The molecule has 0 unspecified atom stereocenters. The second-order valence-corrected chi connectivity index (χ2v) is 6.95. The van der Waals surface area contributed by atoms with Gasteiger partial charge in [0.25, 0.3) is 0 Å². The van der Waals surface area contributed by atoms with Gasteiger partial charge in [-0.3, -0.25) is 4.40 Å². The zero-order valence-corrected chi connectivity index (χ0v) is 14.6. The number of benzene rings is 1. The normalized spacial score (nSPS) is 13.5. The Hall–Kier alpha value is -3.31. The first-order valence-corrected chi connectivity index (χ1v) is 8.80. The average molecular weight is 362 g/mol. The molecule has 0 saturated heterocycles. The topological polar surface area (TPSA) is 103 Å². The van der Waals surface area contributed by atoms with Gasteiger partial charge in [0.2, 0.25) is 0 Å². The van der Waals surface area contributed by atoms with Crippen molar-refractivity contribution in [2.45, 2.75) is 17.3 Å². The van der Waals surface area contributed by atoms with Crippen LogP contribution in [0.15, 0.2) is 59.6 Å². The van der Waals surface area contributed by atoms with Crippen LogP contribution < -0.4 is 0 Å². The number of rotatable bonds is 4. The van der Waals surface area contributed by atoms with Crippen molar-refractivity contribution in [1.82, 2.24) is 24.6 Å². The molecule has 8 heteroatoms. The molecular weight excluding hydrogens is 348 g/mol. The molecular formula is C18H14N6OS. The predicted molar refractivity (Wildman–Crippen MR) is 99.6 cm³/mol. The van der Waals surface area contributed by atoms with E-state index in [9.17, 15) is 10.4 Å². The van der Waals surface area contributed by atoms with E-state index in [2.05, 4.69) is 26.2 Å². The summed E-state index contributed by atoms with van der Waals surface area (Å²) in [6, 6.07) is 15.2. The van der Waals surface area contributed by atoms with Crippen LogP contribution in [0.2, 0.25) is 0 Å². The Morgan fingerprint density at radius 1 is 1.23 bits per heavy atom. The molecule has 1 aromatic carbocycles. The molecule has 0 aliphatic carbocycles. The van der Waals surface area contributed by atoms with E-state index >= 15 is 0 Å². The Balaban J connectivity index is 1.68. The standard InChI is InChI=1S/C18H14N6OS/c1-11(26-18-23-22-15-8-4-5-9-24(15)18)16(25)12(10-19)17-20-13-6-2-3-7-14(13)21-17/h2-9,11,25H,1H3,(H,20,21)/b16-12-/t11-/m1/s1. The van der Waals surface area contributed by atoms with Gasteiger partial charge in [0, 0.05) is 6.20 Å². The molecule has 1 atom stereocenters. The average Bonchev–Trinajstić information content (AvgIpc) is 3.26. The van der Waals surface area contributed by atoms with E-state index in [0.29, 0.717) is 11.0 Å². The third kappa shape index (κ3) is 2.78. The number of imidazole rings is 1. The third-order valence-electron chi connectivity index (χ3n) is 3.94. The van der Waals surface area contributed by atoms with Gasteiger partial charge in [-0.1, -0.05) is 30.0 Å². The number of hydrogen-bond donors (Lipinski definition) is 2. The van der Waals surface area contributed by atoms with Crippen LogP contribution in [0, 0.1) is 11.3 Å². The number of thioether (sulfide) groups is 1. The van der Waals surface area contributed by atoms with Crippen molar-refractivity contribution in [3.05, 3.63) is 60.2 Å². The number of pyridine rings is 1. The number of aromatic amines is 1. The van der Waals surface area contributed by atoms with Crippen LogP contribution in [0.5, 0.6) is 0 Å². The van der Waals surface area contributed by atoms with Gasteiger partial charge >= 0.3 is 0 Å². The molecule has 4 rings (SSSR count). The first-order chi connectivity index (χ1) is 12.7. The van der Waals surface area contributed by atoms with E-state index in [0.717, 1.165) is 16.7 Å². The van der Waals surface area contributed by atoms with Crippen molar-refractivity contribution < 1.29 is 5.11 Å². The summed E-state index contributed by atoms with van der Waals surface area (Å²) in [5.74, 6) is 0.300. The summed E-state index contributed by atoms with van der Waals surface area (Å²) in [4.78, 5) is 7.47. The SMILES string of the molecule is C[C@@H](Sc1nnc2ccccn12)/C(O)=C(\C#N)c1nc2ccccc2[nH]1. The number of fused-ring (bicyclic) bond motifs is 2. The molecule has 0 saturated carbocycles. The van der Waals surface area contributed by atoms with Gasteiger partial charge in [-0.2, -0.15) is 5.26 Å². The number of para-hydroxylation sites is 2. The van der Waals surface area contributed by atoms with E-state index in [4.69, 9.17) is 0 Å². The predicted octanol–water partition coefficient (Wildman–Crippen LogP) is 3.58. The number of H-pyrrole nitrogens is 1. The number of aliphatic hydroxyl groups excluding tert-OH is 1. The molecule has 7 nitrogen and oxygen atoms in total. The summed E-state index contributed by atoms with van der Waals surface area (Å²) < 4.78 is 1.84. The molecule has 0 aliphatic heterocycles. The first kappa shape index (κ1) is 16.2. The van der Waals surface area contributed by atoms with Crippen LogP contribution >= 0.6 is 11.8 Å². The Morgan fingerprint density at radius 3 is 2.85 bits per heavy atom. The van der Waals surface area contributed by atoms with Crippen molar-refractivity contribution in [1.29, 1.82) is 5.26 Å². The molecule has 3 heterocycles. The monoisotopic (exact) mass is 362 g/mol. The molecule has 4 aromatic rings. The molecule has 0 radical (unpaired) electrons. The summed E-state index contributed by atoms with van der Waals surface area (Å²) in [5.41, 5.74) is 2.40. The first-order valence-electron chi connectivity index (χ1n) is 7.92. The molecule has 0 spiro atoms. The maximum Gasteiger partial charge on any atom is 0.196 e. The van der Waals surface area contributed by atoms with Crippen molar-refractivity contribution in [2.24, 2.45) is 0 Å². The van der Waals surface area contributed by atoms with Crippen LogP contribution in [0.25, 0.3) is 22.3 Å². The van der Waals surface area contributed by atoms with E-state index in [1.165, 1.54) is 11.8 Å². The van der Waals surface area contributed by atoms with Gasteiger partial charge in [0.15, 0.2) is 16.6 Å². The molecule has 0 amide bonds. The Morgan fingerprint density at radius 2 is 2.04 bits per heavy atom. The Bertz CT molecular complexity index is 1140. The lowest BCUT2D eigenvalue weighted by Crippen LogP contribution is -2.06. The summed E-state index contributed by atoms with van der Waals surface area (Å²) in [6.07, 6.45) is 1.86. The minimum atomic E-state index is -0.398. The number of hydrogen-bond acceptors (Lipinski definition) is 6. The van der Waals surface area contributed by atoms with Crippen molar-refractivity contribution in [3.63, 3.8) is 0 Å². The van der Waals surface area contributed by atoms with Crippen LogP contribution in [0.4, 0.5) is 0 Å². The fraction of sp³-hybridized carbons (Fsp3) is 0.111. The van der Waals surface area contributed by atoms with Gasteiger partial charge < -0.3 is 10.1 Å². The van der Waals surface area contributed by atoms with Gasteiger partial charge in [-0.25, -0.2) is 4.98 Å². The second kappa shape index (κ2) is 6.54. The Kier molecular flexibility index (Phi) is 4.07. The molecule has 0 bridgehead atoms. The van der Waals surface area contributed by atoms with Gasteiger partial charge in [0.05, 0.1) is 16.3 Å². The molecule has 26 heavy (non-hydrogen) atoms. The number of aromatic nitrogens is 5. The lowest BCUT2D eigenvalue weighted by Gasteiger charge is -2.10. The third-order valence-corrected chi connectivity index (χ3v) is 5.01. The molecule has 2 N–H and O–H groups in total. The van der Waals surface area contributed by atoms with E-state index < -0.39 is 5.25 Å². The second-order valence-electron chi connectivity index (χ2n) is 5.65. The molecule has 128 valence electrons. The highest BCUT2D eigenvalue weighted by molar-refractivity contribution is 7.99. The van der Waals surface area contributed by atoms with E-state index in [-0.39, 0.29) is 11.3 Å². The van der Waals surface area contributed by atoms with Gasteiger partial charge in [-0.05, 0) is 31.2 Å². The number of nitrogens with one attached hydrogen (secondary N) is 1. The number of allylic oxidation sites excluding steroid dienone is 1. The fourth-order valence-corrected chi connectivity index (χ4v) is 3.52. The minimum absolute atomic E-state index is 0.0516. The number of nitriles is 1. The van der Waals surface area contributed by atoms with Crippen molar-refractivity contribution in [3.8, 4) is 6.07 Å². The summed E-state index contributed by atoms with van der Waals surface area (Å²) in [7, 11) is 0. The molecule has 3 aromatic heterocycles. The minimum Gasteiger partial charge on any atom is -0.510 e. The smallest absolute Gasteiger partial charge is 0.196 e. The maximum absolute atomic E-state index is 10.6. The Labute approximate surface area is 153 Å². The number of aliphatic hydroxyl groups is 1. The van der Waals surface area contributed by atoms with Crippen LogP contribution in [-0.2, 0) is 0 Å². The zero-order chi connectivity index (χ0) is 18.1. The van der Waals surface area contributed by atoms with Gasteiger partial charge in [0.1, 0.15) is 17.4 Å². The largest absolute Gasteiger partial charge is 0.510 e. The summed E-state index contributed by atoms with van der Waals surface area (Å²) >= 11 is 1.32. The quantitative estimate of drug-likeness (QED) is 0.327. The highest BCUT2D eigenvalue weighted by Gasteiger charge is 2.21. The summed E-state index contributed by atoms with van der Waals surface area (Å²) in [5, 5.41) is 28.7. The molecule has 0 fully saturated rings. The number of nitrogens with zero attached hydrogens (tertiary/aromatic N) is 5. The van der Waals surface area contributed by atoms with Crippen molar-refractivity contribution >= 4 is 34.0 Å². The maximum atomic E-state index is 10.6. The highest BCUT2D eigenvalue weighted by atomic mass is 32.2. The van der Waals surface area contributed by atoms with Crippen LogP contribution in [0.3, 0.4) is 0 Å². The highest BCUT2D eigenvalue weighted by Crippen LogP contribution is 2.29. The van der Waals surface area contributed by atoms with Crippen LogP contribution in [0.1, 0.15) is 12.7 Å². The van der Waals surface area contributed by atoms with E-state index in [1.54, 1.807) is 0 Å². The lowest BCUT2D eigenvalue weighted by molar-refractivity contribution is 0.401. The van der Waals surface area contributed by atoms with Crippen LogP contribution in [-0.4, -0.2) is 34.9 Å². The van der Waals surface area contributed by atoms with E-state index in [1.807, 2.05) is 60.0 Å². The molecule has 0 aliphatic rings. The fourth-order valence-electron chi connectivity index (χ4n) is 2.62. The lowest BCUT2D eigenvalue weighted by atomic mass is 10.2. The summed E-state index contributed by atoms with van der Waals surface area (Å²) in [6.45, 7) is 1.81.